The fourth-order valence-corrected chi connectivity index (χ4v) is 2.44. The average Bonchev–Trinajstić information content (AvgIpc) is 3.20. The molecule has 0 aliphatic heterocycles. The lowest BCUT2D eigenvalue weighted by Gasteiger charge is -2.08. The molecule has 0 bridgehead atoms. The van der Waals surface area contributed by atoms with Crippen molar-refractivity contribution in [2.45, 2.75) is 6.92 Å². The Labute approximate surface area is 149 Å². The molecule has 132 valence electrons. The second-order valence-corrected chi connectivity index (χ2v) is 5.42. The Bertz CT molecular complexity index is 948. The van der Waals surface area contributed by atoms with E-state index in [1.165, 1.54) is 18.4 Å². The van der Waals surface area contributed by atoms with E-state index in [4.69, 9.17) is 14.0 Å². The fourth-order valence-electron chi connectivity index (χ4n) is 2.44. The van der Waals surface area contributed by atoms with E-state index in [1.807, 2.05) is 24.3 Å². The lowest BCUT2D eigenvalue weighted by Crippen LogP contribution is -2.01. The Hall–Kier alpha value is -3.61. The van der Waals surface area contributed by atoms with Crippen LogP contribution >= 0.6 is 0 Å². The molecule has 0 aliphatic carbocycles. The zero-order valence-corrected chi connectivity index (χ0v) is 14.2. The quantitative estimate of drug-likeness (QED) is 0.365. The van der Waals surface area contributed by atoms with Crippen molar-refractivity contribution in [3.05, 3.63) is 76.5 Å². The van der Waals surface area contributed by atoms with Gasteiger partial charge in [0.2, 0.25) is 0 Å². The average molecular weight is 352 g/mol. The normalized spacial score (nSPS) is 11.2. The lowest BCUT2D eigenvalue weighted by molar-refractivity contribution is -0.384. The van der Waals surface area contributed by atoms with Gasteiger partial charge in [-0.05, 0) is 37.3 Å². The van der Waals surface area contributed by atoms with E-state index in [0.29, 0.717) is 22.8 Å². The minimum absolute atomic E-state index is 0.112. The first-order chi connectivity index (χ1) is 12.6. The van der Waals surface area contributed by atoms with E-state index in [0.717, 1.165) is 5.56 Å². The minimum atomic E-state index is -0.490. The van der Waals surface area contributed by atoms with Crippen LogP contribution in [0.2, 0.25) is 0 Å². The molecule has 2 aromatic carbocycles. The number of oxime groups is 1. The van der Waals surface area contributed by atoms with Crippen LogP contribution in [0.25, 0.3) is 11.3 Å². The molecule has 3 aromatic rings. The van der Waals surface area contributed by atoms with Gasteiger partial charge in [0.25, 0.3) is 5.69 Å². The molecule has 0 amide bonds. The molecule has 0 spiro atoms. The summed E-state index contributed by atoms with van der Waals surface area (Å²) in [7, 11) is 1.57. The molecule has 3 rings (SSSR count). The van der Waals surface area contributed by atoms with Gasteiger partial charge in [-0.1, -0.05) is 17.3 Å². The summed E-state index contributed by atoms with van der Waals surface area (Å²) >= 11 is 0. The molecule has 26 heavy (non-hydrogen) atoms. The number of ether oxygens (including phenoxy) is 1. The summed E-state index contributed by atoms with van der Waals surface area (Å²) in [6.45, 7) is 1.77. The van der Waals surface area contributed by atoms with Crippen molar-refractivity contribution in [2.24, 2.45) is 5.16 Å². The smallest absolute Gasteiger partial charge is 0.273 e. The minimum Gasteiger partial charge on any atom is -0.496 e. The Morgan fingerprint density at radius 1 is 1.15 bits per heavy atom. The molecule has 7 nitrogen and oxygen atoms in total. The van der Waals surface area contributed by atoms with Crippen LogP contribution in [0.1, 0.15) is 12.5 Å². The molecular weight excluding hydrogens is 336 g/mol. The van der Waals surface area contributed by atoms with Gasteiger partial charge in [0.15, 0.2) is 5.75 Å². The highest BCUT2D eigenvalue weighted by Crippen LogP contribution is 2.30. The van der Waals surface area contributed by atoms with Crippen LogP contribution in [0.15, 0.2) is 70.4 Å². The van der Waals surface area contributed by atoms with Gasteiger partial charge >= 0.3 is 0 Å². The molecule has 0 unspecified atom stereocenters. The number of benzene rings is 2. The van der Waals surface area contributed by atoms with Gasteiger partial charge in [-0.3, -0.25) is 10.1 Å². The van der Waals surface area contributed by atoms with Crippen LogP contribution in [-0.4, -0.2) is 17.7 Å². The van der Waals surface area contributed by atoms with Crippen LogP contribution in [0.3, 0.4) is 0 Å². The number of hydrogen-bond donors (Lipinski definition) is 0. The van der Waals surface area contributed by atoms with Crippen molar-refractivity contribution in [3.8, 4) is 22.8 Å². The van der Waals surface area contributed by atoms with Gasteiger partial charge in [0.1, 0.15) is 11.5 Å². The molecular formula is C19H16N2O5. The maximum absolute atomic E-state index is 11.2. The number of nitro benzene ring substituents is 1. The maximum Gasteiger partial charge on any atom is 0.273 e. The Balaban J connectivity index is 1.93. The van der Waals surface area contributed by atoms with Crippen LogP contribution in [-0.2, 0) is 0 Å². The highest BCUT2D eigenvalue weighted by molar-refractivity contribution is 6.00. The lowest BCUT2D eigenvalue weighted by atomic mass is 10.1. The summed E-state index contributed by atoms with van der Waals surface area (Å²) < 4.78 is 10.6. The Morgan fingerprint density at radius 3 is 2.65 bits per heavy atom. The Morgan fingerprint density at radius 2 is 1.96 bits per heavy atom. The van der Waals surface area contributed by atoms with E-state index in [1.54, 1.807) is 32.2 Å². The van der Waals surface area contributed by atoms with Crippen molar-refractivity contribution in [3.63, 3.8) is 0 Å². The van der Waals surface area contributed by atoms with E-state index >= 15 is 0 Å². The van der Waals surface area contributed by atoms with Crippen molar-refractivity contribution < 1.29 is 18.9 Å². The number of rotatable bonds is 6. The first-order valence-electron chi connectivity index (χ1n) is 7.77. The van der Waals surface area contributed by atoms with E-state index < -0.39 is 4.92 Å². The summed E-state index contributed by atoms with van der Waals surface area (Å²) in [4.78, 5) is 16.1. The molecule has 0 saturated heterocycles. The molecule has 0 atom stereocenters. The predicted molar refractivity (Wildman–Crippen MR) is 96.6 cm³/mol. The number of methoxy groups -OCH3 is 1. The van der Waals surface area contributed by atoms with Gasteiger partial charge in [0.05, 0.1) is 30.1 Å². The van der Waals surface area contributed by atoms with Crippen molar-refractivity contribution in [1.29, 1.82) is 0 Å². The van der Waals surface area contributed by atoms with Crippen molar-refractivity contribution in [1.82, 2.24) is 0 Å². The molecule has 0 saturated carbocycles. The summed E-state index contributed by atoms with van der Waals surface area (Å²) in [5.41, 5.74) is 1.77. The molecule has 0 N–H and O–H groups in total. The highest BCUT2D eigenvalue weighted by Gasteiger charge is 2.14. The van der Waals surface area contributed by atoms with Crippen LogP contribution in [0.4, 0.5) is 5.69 Å². The Kier molecular flexibility index (Phi) is 4.98. The zero-order valence-electron chi connectivity index (χ0n) is 14.2. The van der Waals surface area contributed by atoms with Crippen LogP contribution in [0, 0.1) is 10.1 Å². The number of hydrogen-bond acceptors (Lipinski definition) is 6. The third kappa shape index (κ3) is 3.72. The third-order valence-corrected chi connectivity index (χ3v) is 3.69. The largest absolute Gasteiger partial charge is 0.496 e. The van der Waals surface area contributed by atoms with E-state index in [2.05, 4.69) is 5.16 Å². The van der Waals surface area contributed by atoms with E-state index in [9.17, 15) is 10.1 Å². The highest BCUT2D eigenvalue weighted by atomic mass is 16.6. The standard InChI is InChI=1S/C19H16N2O5/c1-13(17-6-3-4-7-19(17)24-2)20-26-16-11-14(18-8-5-9-25-18)10-15(12-16)21(22)23/h3-12H,1-2H3. The van der Waals surface area contributed by atoms with Crippen molar-refractivity contribution in [2.75, 3.05) is 7.11 Å². The number of nitrogens with zero attached hydrogens (tertiary/aromatic N) is 2. The summed E-state index contributed by atoms with van der Waals surface area (Å²) in [5, 5.41) is 15.3. The van der Waals surface area contributed by atoms with Gasteiger partial charge < -0.3 is 14.0 Å². The van der Waals surface area contributed by atoms with Gasteiger partial charge in [0, 0.05) is 17.2 Å². The SMILES string of the molecule is COc1ccccc1C(C)=NOc1cc(-c2ccco2)cc([N+](=O)[O-])c1. The number of para-hydroxylation sites is 1. The van der Waals surface area contributed by atoms with Gasteiger partial charge in [-0.25, -0.2) is 0 Å². The van der Waals surface area contributed by atoms with Crippen LogP contribution in [0.5, 0.6) is 11.5 Å². The first-order valence-corrected chi connectivity index (χ1v) is 7.77. The van der Waals surface area contributed by atoms with Gasteiger partial charge in [-0.2, -0.15) is 0 Å². The molecule has 7 heteroatoms. The zero-order chi connectivity index (χ0) is 18.5. The number of furan rings is 1. The van der Waals surface area contributed by atoms with Crippen molar-refractivity contribution >= 4 is 11.4 Å². The predicted octanol–water partition coefficient (Wildman–Crippen LogP) is 4.67. The second kappa shape index (κ2) is 7.52. The van der Waals surface area contributed by atoms with E-state index in [-0.39, 0.29) is 11.4 Å². The molecule has 1 heterocycles. The van der Waals surface area contributed by atoms with Gasteiger partial charge in [-0.15, -0.1) is 0 Å². The fraction of sp³-hybridized carbons (Fsp3) is 0.105. The first kappa shape index (κ1) is 17.2. The maximum atomic E-state index is 11.2. The topological polar surface area (TPSA) is 87.1 Å². The number of non-ortho nitro benzene ring substituents is 1. The summed E-state index contributed by atoms with van der Waals surface area (Å²) in [5.74, 6) is 1.40. The summed E-state index contributed by atoms with van der Waals surface area (Å²) in [6, 6.07) is 15.2. The third-order valence-electron chi connectivity index (χ3n) is 3.69. The van der Waals surface area contributed by atoms with Crippen LogP contribution < -0.4 is 9.57 Å². The second-order valence-electron chi connectivity index (χ2n) is 5.42. The monoisotopic (exact) mass is 352 g/mol. The molecule has 1 aromatic heterocycles. The summed E-state index contributed by atoms with van der Waals surface area (Å²) in [6.07, 6.45) is 1.50. The number of nitro groups is 1. The molecule has 0 radical (unpaired) electrons. The molecule has 0 fully saturated rings. The molecule has 0 aliphatic rings.